The number of hydrogen-bond donors (Lipinski definition) is 2. The summed E-state index contributed by atoms with van der Waals surface area (Å²) in [5.41, 5.74) is 14.0. The fraction of sp³-hybridized carbons (Fsp3) is 0.0811. The minimum Gasteiger partial charge on any atom is -0.504 e. The normalized spacial score (nSPS) is 13.3. The number of nitrogens with zero attached hydrogens (tertiary/aromatic N) is 4. The van der Waals surface area contributed by atoms with Gasteiger partial charge in [-0.1, -0.05) is 206 Å². The standard InChI is InChI=1S/C34H22N2O2.C28H27BN2O2.C12H7BrO2/c37-32-26(19-20-28-27-13-7-8-14-31(27)38-33(28)32)22-15-17-25(18-16-22)34-35-29(23-9-3-1-4-10-23)21-30(36-34)24-11-5-2-6-12-24;1-27(2)28(3,4)33-29(32-27)23-17-15-22(16-18-23)26-30-24(20-11-7-5-8-12-20)19-25(31-26)21-13-9-6-10-14-21;13-9-6-5-8-7-3-1-2-4-10(7)15-12(8)11(9)14/h1-21,37H;5-19H,1-4H3;1-6,14H. The summed E-state index contributed by atoms with van der Waals surface area (Å²) in [4.78, 5) is 19.6. The van der Waals surface area contributed by atoms with E-state index in [9.17, 15) is 10.2 Å². The Kier molecular flexibility index (Phi) is 14.9. The van der Waals surface area contributed by atoms with Gasteiger partial charge in [-0.05, 0) is 103 Å². The Morgan fingerprint density at radius 3 is 1.12 bits per heavy atom. The number of phenolic OH excluding ortho intramolecular Hbond substituents is 2. The van der Waals surface area contributed by atoms with E-state index in [4.69, 9.17) is 38.1 Å². The van der Waals surface area contributed by atoms with E-state index in [0.717, 1.165) is 99.9 Å². The molecule has 15 rings (SSSR count). The quantitative estimate of drug-likeness (QED) is 0.142. The Morgan fingerprint density at radius 2 is 0.698 bits per heavy atom. The van der Waals surface area contributed by atoms with Gasteiger partial charge in [0.15, 0.2) is 34.3 Å². The molecule has 86 heavy (non-hydrogen) atoms. The minimum atomic E-state index is -0.388. The van der Waals surface area contributed by atoms with Crippen molar-refractivity contribution in [1.82, 2.24) is 19.9 Å². The van der Waals surface area contributed by atoms with Gasteiger partial charge in [-0.2, -0.15) is 0 Å². The molecule has 1 aliphatic heterocycles. The molecule has 2 N–H and O–H groups in total. The van der Waals surface area contributed by atoms with Gasteiger partial charge in [-0.3, -0.25) is 0 Å². The second kappa shape index (κ2) is 23.2. The Balaban J connectivity index is 0.000000130. The second-order valence-electron chi connectivity index (χ2n) is 22.0. The number of benzene rings is 10. The van der Waals surface area contributed by atoms with E-state index in [1.54, 1.807) is 0 Å². The summed E-state index contributed by atoms with van der Waals surface area (Å²) in [6, 6.07) is 84.2. The van der Waals surface area contributed by atoms with Crippen molar-refractivity contribution < 1.29 is 28.4 Å². The van der Waals surface area contributed by atoms with Gasteiger partial charge in [0.05, 0.1) is 38.5 Å². The van der Waals surface area contributed by atoms with Crippen LogP contribution in [0.15, 0.2) is 268 Å². The zero-order valence-electron chi connectivity index (χ0n) is 47.5. The molecule has 418 valence electrons. The molecule has 14 aromatic rings. The largest absolute Gasteiger partial charge is 0.504 e. The lowest BCUT2D eigenvalue weighted by molar-refractivity contribution is 0.00578. The summed E-state index contributed by atoms with van der Waals surface area (Å²) in [5, 5.41) is 24.8. The molecule has 0 atom stereocenters. The monoisotopic (exact) mass is 1190 g/mol. The molecular formula is C74H56BBrN4O6. The number of fused-ring (bicyclic) bond motifs is 6. The number of aromatic hydroxyl groups is 2. The van der Waals surface area contributed by atoms with E-state index < -0.39 is 0 Å². The molecule has 4 aromatic heterocycles. The third kappa shape index (κ3) is 11.0. The van der Waals surface area contributed by atoms with E-state index in [1.165, 1.54) is 0 Å². The summed E-state index contributed by atoms with van der Waals surface area (Å²) >= 11 is 3.26. The molecule has 1 fully saturated rings. The van der Waals surface area contributed by atoms with Crippen LogP contribution < -0.4 is 5.46 Å². The van der Waals surface area contributed by atoms with Crippen LogP contribution in [0.25, 0.3) is 123 Å². The van der Waals surface area contributed by atoms with Gasteiger partial charge in [0.25, 0.3) is 0 Å². The van der Waals surface area contributed by atoms with E-state index in [2.05, 4.69) is 92.2 Å². The smallest absolute Gasteiger partial charge is 0.494 e. The van der Waals surface area contributed by atoms with Gasteiger partial charge in [-0.15, -0.1) is 0 Å². The maximum atomic E-state index is 11.1. The number of rotatable bonds is 8. The zero-order valence-corrected chi connectivity index (χ0v) is 49.1. The molecule has 0 spiro atoms. The van der Waals surface area contributed by atoms with Crippen molar-refractivity contribution in [3.05, 3.63) is 259 Å². The summed E-state index contributed by atoms with van der Waals surface area (Å²) in [6.45, 7) is 8.26. The fourth-order valence-electron chi connectivity index (χ4n) is 10.5. The highest BCUT2D eigenvalue weighted by Gasteiger charge is 2.51. The van der Waals surface area contributed by atoms with E-state index in [-0.39, 0.29) is 29.8 Å². The molecule has 12 heteroatoms. The van der Waals surface area contributed by atoms with E-state index in [0.29, 0.717) is 32.9 Å². The summed E-state index contributed by atoms with van der Waals surface area (Å²) < 4.78 is 24.6. The molecule has 0 saturated carbocycles. The Morgan fingerprint density at radius 1 is 0.349 bits per heavy atom. The van der Waals surface area contributed by atoms with Crippen LogP contribution in [-0.2, 0) is 9.31 Å². The summed E-state index contributed by atoms with van der Waals surface area (Å²) in [7, 11) is -0.388. The van der Waals surface area contributed by atoms with Crippen molar-refractivity contribution >= 4 is 72.4 Å². The van der Waals surface area contributed by atoms with Crippen molar-refractivity contribution in [1.29, 1.82) is 0 Å². The molecule has 0 aliphatic carbocycles. The molecule has 10 aromatic carbocycles. The number of phenols is 2. The van der Waals surface area contributed by atoms with E-state index in [1.807, 2.05) is 206 Å². The van der Waals surface area contributed by atoms with Crippen LogP contribution in [-0.4, -0.2) is 48.5 Å². The fourth-order valence-corrected chi connectivity index (χ4v) is 10.8. The lowest BCUT2D eigenvalue weighted by atomic mass is 9.79. The van der Waals surface area contributed by atoms with Crippen LogP contribution in [0.2, 0.25) is 0 Å². The second-order valence-corrected chi connectivity index (χ2v) is 22.8. The predicted octanol–water partition coefficient (Wildman–Crippen LogP) is 18.6. The van der Waals surface area contributed by atoms with Gasteiger partial charge in [0, 0.05) is 60.5 Å². The lowest BCUT2D eigenvalue weighted by Gasteiger charge is -2.32. The average Bonchev–Trinajstić information content (AvgIpc) is 2.04. The maximum absolute atomic E-state index is 11.1. The molecular weight excluding hydrogens is 1130 g/mol. The van der Waals surface area contributed by atoms with Gasteiger partial charge < -0.3 is 28.4 Å². The molecule has 0 unspecified atom stereocenters. The first-order chi connectivity index (χ1) is 41.8. The van der Waals surface area contributed by atoms with Crippen LogP contribution >= 0.6 is 15.9 Å². The highest BCUT2D eigenvalue weighted by Crippen LogP contribution is 2.42. The van der Waals surface area contributed by atoms with Gasteiger partial charge in [-0.25, -0.2) is 19.9 Å². The van der Waals surface area contributed by atoms with Crippen LogP contribution in [0.3, 0.4) is 0 Å². The number of aromatic nitrogens is 4. The molecule has 1 saturated heterocycles. The molecule has 0 bridgehead atoms. The van der Waals surface area contributed by atoms with Crippen LogP contribution in [0.1, 0.15) is 27.7 Å². The molecule has 5 heterocycles. The SMILES string of the molecule is CC1(C)OB(c2ccc(-c3nc(-c4ccccc4)cc(-c4ccccc4)n3)cc2)OC1(C)C.Oc1c(-c2ccc(-c3nc(-c4ccccc4)cc(-c4ccccc4)n3)cc2)ccc2c1oc1ccccc12.Oc1c(Br)ccc2c1oc1ccccc12. The molecule has 0 amide bonds. The van der Waals surface area contributed by atoms with Crippen LogP contribution in [0, 0.1) is 0 Å². The lowest BCUT2D eigenvalue weighted by Crippen LogP contribution is -2.41. The number of halogens is 1. The van der Waals surface area contributed by atoms with Crippen molar-refractivity contribution in [2.24, 2.45) is 0 Å². The third-order valence-corrected chi connectivity index (χ3v) is 16.5. The first-order valence-electron chi connectivity index (χ1n) is 28.3. The van der Waals surface area contributed by atoms with Gasteiger partial charge in [0.2, 0.25) is 0 Å². The molecule has 0 radical (unpaired) electrons. The Hall–Kier alpha value is -9.98. The number of furan rings is 2. The topological polar surface area (TPSA) is 137 Å². The van der Waals surface area contributed by atoms with Crippen LogP contribution in [0.5, 0.6) is 11.5 Å². The molecule has 1 aliphatic rings. The highest BCUT2D eigenvalue weighted by atomic mass is 79.9. The van der Waals surface area contributed by atoms with Crippen molar-refractivity contribution in [3.63, 3.8) is 0 Å². The van der Waals surface area contributed by atoms with E-state index >= 15 is 0 Å². The first-order valence-corrected chi connectivity index (χ1v) is 29.1. The highest BCUT2D eigenvalue weighted by molar-refractivity contribution is 9.10. The Labute approximate surface area is 506 Å². The first kappa shape index (κ1) is 55.2. The minimum absolute atomic E-state index is 0.139. The molecule has 10 nitrogen and oxygen atoms in total. The van der Waals surface area contributed by atoms with Gasteiger partial charge in [0.1, 0.15) is 11.2 Å². The zero-order chi connectivity index (χ0) is 58.9. The van der Waals surface area contributed by atoms with Gasteiger partial charge >= 0.3 is 7.12 Å². The number of para-hydroxylation sites is 2. The van der Waals surface area contributed by atoms with Crippen molar-refractivity contribution in [3.8, 4) is 90.4 Å². The maximum Gasteiger partial charge on any atom is 0.494 e. The number of hydrogen-bond acceptors (Lipinski definition) is 10. The Bertz CT molecular complexity index is 4600. The van der Waals surface area contributed by atoms with Crippen LogP contribution in [0.4, 0.5) is 0 Å². The van der Waals surface area contributed by atoms with Crippen molar-refractivity contribution in [2.75, 3.05) is 0 Å². The van der Waals surface area contributed by atoms with Crippen molar-refractivity contribution in [2.45, 2.75) is 38.9 Å². The third-order valence-electron chi connectivity index (χ3n) is 15.9. The average molecular weight is 1190 g/mol. The summed E-state index contributed by atoms with van der Waals surface area (Å²) in [5.74, 6) is 1.63. The predicted molar refractivity (Wildman–Crippen MR) is 350 cm³/mol. The summed E-state index contributed by atoms with van der Waals surface area (Å²) in [6.07, 6.45) is 0.